The molecule has 6 heteroatoms. The molecule has 0 saturated heterocycles. The lowest BCUT2D eigenvalue weighted by Crippen LogP contribution is -2.27. The number of aromatic nitrogens is 3. The van der Waals surface area contributed by atoms with E-state index in [1.165, 1.54) is 16.6 Å². The number of nitrogen functional groups attached to an aromatic ring is 1. The Morgan fingerprint density at radius 3 is 2.93 bits per heavy atom. The van der Waals surface area contributed by atoms with E-state index in [1.807, 2.05) is 19.9 Å². The molecule has 1 amide bonds. The highest BCUT2D eigenvalue weighted by Crippen LogP contribution is 1.89. The van der Waals surface area contributed by atoms with Gasteiger partial charge in [0.05, 0.1) is 0 Å². The largest absolute Gasteiger partial charge is 0.367 e. The molecule has 0 radical (unpaired) electrons. The van der Waals surface area contributed by atoms with Crippen molar-refractivity contribution in [2.45, 2.75) is 20.4 Å². The van der Waals surface area contributed by atoms with E-state index < -0.39 is 0 Å². The predicted octanol–water partition coefficient (Wildman–Crippen LogP) is -0.0573. The molecule has 0 aliphatic carbocycles. The van der Waals surface area contributed by atoms with Crippen molar-refractivity contribution < 1.29 is 4.79 Å². The fourth-order valence-electron chi connectivity index (χ4n) is 0.957. The molecule has 0 fully saturated rings. The monoisotopic (exact) mass is 209 g/mol. The minimum Gasteiger partial charge on any atom is -0.367 e. The molecule has 1 aromatic heterocycles. The van der Waals surface area contributed by atoms with Gasteiger partial charge in [-0.25, -0.2) is 9.67 Å². The SMILES string of the molecule is CC(C)=CCNC(=O)Cn1cnc(N)n1. The van der Waals surface area contributed by atoms with Crippen LogP contribution in [0, 0.1) is 0 Å². The highest BCUT2D eigenvalue weighted by Gasteiger charge is 2.02. The van der Waals surface area contributed by atoms with Gasteiger partial charge in [-0.1, -0.05) is 11.6 Å². The summed E-state index contributed by atoms with van der Waals surface area (Å²) in [7, 11) is 0. The van der Waals surface area contributed by atoms with Crippen molar-refractivity contribution in [2.75, 3.05) is 12.3 Å². The van der Waals surface area contributed by atoms with Gasteiger partial charge in [0.15, 0.2) is 0 Å². The summed E-state index contributed by atoms with van der Waals surface area (Å²) in [4.78, 5) is 15.0. The normalized spacial score (nSPS) is 9.73. The minimum absolute atomic E-state index is 0.114. The van der Waals surface area contributed by atoms with E-state index in [0.29, 0.717) is 6.54 Å². The number of allylic oxidation sites excluding steroid dienone is 1. The van der Waals surface area contributed by atoms with Crippen LogP contribution in [-0.4, -0.2) is 27.2 Å². The van der Waals surface area contributed by atoms with E-state index >= 15 is 0 Å². The molecule has 1 heterocycles. The number of anilines is 1. The fourth-order valence-corrected chi connectivity index (χ4v) is 0.957. The van der Waals surface area contributed by atoms with Crippen molar-refractivity contribution in [1.82, 2.24) is 20.1 Å². The summed E-state index contributed by atoms with van der Waals surface area (Å²) in [6.07, 6.45) is 3.36. The minimum atomic E-state index is -0.114. The maximum absolute atomic E-state index is 11.3. The number of hydrogen-bond donors (Lipinski definition) is 2. The molecule has 0 bridgehead atoms. The third-order valence-corrected chi connectivity index (χ3v) is 1.67. The zero-order chi connectivity index (χ0) is 11.3. The second kappa shape index (κ2) is 5.14. The van der Waals surface area contributed by atoms with Crippen LogP contribution in [0.25, 0.3) is 0 Å². The van der Waals surface area contributed by atoms with Crippen LogP contribution in [-0.2, 0) is 11.3 Å². The third kappa shape index (κ3) is 4.26. The van der Waals surface area contributed by atoms with Crippen LogP contribution < -0.4 is 11.1 Å². The predicted molar refractivity (Wildman–Crippen MR) is 56.9 cm³/mol. The van der Waals surface area contributed by atoms with E-state index in [-0.39, 0.29) is 18.4 Å². The second-order valence-electron chi connectivity index (χ2n) is 3.39. The highest BCUT2D eigenvalue weighted by molar-refractivity contribution is 5.75. The number of hydrogen-bond acceptors (Lipinski definition) is 4. The number of amides is 1. The van der Waals surface area contributed by atoms with Crippen LogP contribution in [0.5, 0.6) is 0 Å². The summed E-state index contributed by atoms with van der Waals surface area (Å²) < 4.78 is 1.40. The van der Waals surface area contributed by atoms with Gasteiger partial charge < -0.3 is 11.1 Å². The number of rotatable bonds is 4. The topological polar surface area (TPSA) is 85.8 Å². The fraction of sp³-hybridized carbons (Fsp3) is 0.444. The number of nitrogens with two attached hydrogens (primary N) is 1. The van der Waals surface area contributed by atoms with Crippen LogP contribution in [0.2, 0.25) is 0 Å². The Balaban J connectivity index is 2.33. The van der Waals surface area contributed by atoms with Crippen molar-refractivity contribution in [3.63, 3.8) is 0 Å². The molecule has 0 unspecified atom stereocenters. The van der Waals surface area contributed by atoms with Crippen molar-refractivity contribution in [2.24, 2.45) is 0 Å². The molecule has 0 saturated carbocycles. The zero-order valence-electron chi connectivity index (χ0n) is 8.90. The maximum atomic E-state index is 11.3. The maximum Gasteiger partial charge on any atom is 0.242 e. The molecule has 1 rings (SSSR count). The number of nitrogens with zero attached hydrogens (tertiary/aromatic N) is 3. The number of carbonyl (C=O) groups is 1. The van der Waals surface area contributed by atoms with Gasteiger partial charge in [-0.2, -0.15) is 0 Å². The summed E-state index contributed by atoms with van der Waals surface area (Å²) >= 11 is 0. The molecule has 3 N–H and O–H groups in total. The first-order valence-electron chi connectivity index (χ1n) is 4.63. The van der Waals surface area contributed by atoms with Gasteiger partial charge >= 0.3 is 0 Å². The van der Waals surface area contributed by atoms with E-state index in [9.17, 15) is 4.79 Å². The van der Waals surface area contributed by atoms with Crippen molar-refractivity contribution in [3.05, 3.63) is 18.0 Å². The lowest BCUT2D eigenvalue weighted by molar-refractivity contribution is -0.121. The Morgan fingerprint density at radius 1 is 1.67 bits per heavy atom. The van der Waals surface area contributed by atoms with Gasteiger partial charge in [-0.05, 0) is 13.8 Å². The molecule has 15 heavy (non-hydrogen) atoms. The van der Waals surface area contributed by atoms with Gasteiger partial charge in [0.1, 0.15) is 12.9 Å². The van der Waals surface area contributed by atoms with E-state index in [1.54, 1.807) is 0 Å². The molecule has 0 aromatic carbocycles. The lowest BCUT2D eigenvalue weighted by Gasteiger charge is -2.01. The van der Waals surface area contributed by atoms with Crippen LogP contribution in [0.15, 0.2) is 18.0 Å². The quantitative estimate of drug-likeness (QED) is 0.680. The Bertz CT molecular complexity index is 364. The summed E-state index contributed by atoms with van der Waals surface area (Å²) in [5.74, 6) is 0.0597. The van der Waals surface area contributed by atoms with Crippen molar-refractivity contribution in [3.8, 4) is 0 Å². The van der Waals surface area contributed by atoms with E-state index in [2.05, 4.69) is 15.4 Å². The summed E-state index contributed by atoms with van der Waals surface area (Å²) in [5.41, 5.74) is 6.48. The van der Waals surface area contributed by atoms with Gasteiger partial charge in [-0.3, -0.25) is 4.79 Å². The molecule has 0 spiro atoms. The highest BCUT2D eigenvalue weighted by atomic mass is 16.2. The Kier molecular flexibility index (Phi) is 3.84. The Hall–Kier alpha value is -1.85. The molecule has 6 nitrogen and oxygen atoms in total. The first kappa shape index (κ1) is 11.2. The zero-order valence-corrected chi connectivity index (χ0v) is 8.90. The van der Waals surface area contributed by atoms with Gasteiger partial charge in [0.2, 0.25) is 11.9 Å². The smallest absolute Gasteiger partial charge is 0.242 e. The molecule has 0 aliphatic rings. The molecular formula is C9H15N5O. The van der Waals surface area contributed by atoms with Gasteiger partial charge in [0.25, 0.3) is 0 Å². The van der Waals surface area contributed by atoms with Crippen LogP contribution in [0.1, 0.15) is 13.8 Å². The molecule has 1 aromatic rings. The van der Waals surface area contributed by atoms with Crippen molar-refractivity contribution in [1.29, 1.82) is 0 Å². The summed E-state index contributed by atoms with van der Waals surface area (Å²) in [5, 5.41) is 6.53. The Morgan fingerprint density at radius 2 is 2.40 bits per heavy atom. The summed E-state index contributed by atoms with van der Waals surface area (Å²) in [6.45, 7) is 4.63. The molecular weight excluding hydrogens is 194 g/mol. The van der Waals surface area contributed by atoms with Gasteiger partial charge in [-0.15, -0.1) is 5.10 Å². The molecule has 82 valence electrons. The van der Waals surface area contributed by atoms with Crippen molar-refractivity contribution >= 4 is 11.9 Å². The van der Waals surface area contributed by atoms with E-state index in [4.69, 9.17) is 5.73 Å². The van der Waals surface area contributed by atoms with Crippen LogP contribution >= 0.6 is 0 Å². The standard InChI is InChI=1S/C9H15N5O/c1-7(2)3-4-11-8(15)5-14-6-12-9(10)13-14/h3,6H,4-5H2,1-2H3,(H2,10,13)(H,11,15). The first-order valence-corrected chi connectivity index (χ1v) is 4.63. The average molecular weight is 209 g/mol. The average Bonchev–Trinajstić information content (AvgIpc) is 2.50. The second-order valence-corrected chi connectivity index (χ2v) is 3.39. The molecule has 0 atom stereocenters. The third-order valence-electron chi connectivity index (χ3n) is 1.67. The number of carbonyl (C=O) groups excluding carboxylic acids is 1. The van der Waals surface area contributed by atoms with Crippen LogP contribution in [0.3, 0.4) is 0 Å². The van der Waals surface area contributed by atoms with E-state index in [0.717, 1.165) is 0 Å². The van der Waals surface area contributed by atoms with Crippen LogP contribution in [0.4, 0.5) is 5.95 Å². The van der Waals surface area contributed by atoms with Gasteiger partial charge in [0, 0.05) is 6.54 Å². The summed E-state index contributed by atoms with van der Waals surface area (Å²) in [6, 6.07) is 0. The molecule has 0 aliphatic heterocycles. The lowest BCUT2D eigenvalue weighted by atomic mass is 10.3. The first-order chi connectivity index (χ1) is 7.08. The number of nitrogens with one attached hydrogen (secondary N) is 1. The Labute approximate surface area is 88.2 Å².